The summed E-state index contributed by atoms with van der Waals surface area (Å²) in [7, 11) is 0. The highest BCUT2D eigenvalue weighted by molar-refractivity contribution is 5.66. The quantitative estimate of drug-likeness (QED) is 0.681. The molecule has 0 N–H and O–H groups in total. The van der Waals surface area contributed by atoms with E-state index in [2.05, 4.69) is 42.0 Å². The van der Waals surface area contributed by atoms with E-state index in [-0.39, 0.29) is 0 Å². The first-order chi connectivity index (χ1) is 6.79. The smallest absolute Gasteiger partial charge is 0.0890 e. The summed E-state index contributed by atoms with van der Waals surface area (Å²) >= 11 is 0. The molecule has 2 nitrogen and oxygen atoms in total. The van der Waals surface area contributed by atoms with Crippen molar-refractivity contribution >= 4 is 0 Å². The Bertz CT molecular complexity index is 415. The van der Waals surface area contributed by atoms with Gasteiger partial charge in [-0.05, 0) is 25.0 Å². The van der Waals surface area contributed by atoms with Crippen LogP contribution in [0, 0.1) is 13.8 Å². The van der Waals surface area contributed by atoms with Crippen LogP contribution in [0.1, 0.15) is 11.1 Å². The van der Waals surface area contributed by atoms with Crippen LogP contribution in [0.5, 0.6) is 0 Å². The van der Waals surface area contributed by atoms with Gasteiger partial charge in [-0.15, -0.1) is 0 Å². The van der Waals surface area contributed by atoms with E-state index >= 15 is 0 Å². The van der Waals surface area contributed by atoms with Crippen LogP contribution in [-0.4, -0.2) is 9.97 Å². The molecule has 14 heavy (non-hydrogen) atoms. The van der Waals surface area contributed by atoms with Gasteiger partial charge in [-0.1, -0.05) is 18.2 Å². The van der Waals surface area contributed by atoms with Crippen molar-refractivity contribution in [1.29, 1.82) is 0 Å². The van der Waals surface area contributed by atoms with Crippen molar-refractivity contribution in [2.45, 2.75) is 13.8 Å². The lowest BCUT2D eigenvalue weighted by molar-refractivity contribution is 1.19. The monoisotopic (exact) mass is 184 g/mol. The van der Waals surface area contributed by atoms with E-state index in [1.54, 1.807) is 18.6 Å². The maximum Gasteiger partial charge on any atom is 0.0890 e. The molecule has 0 radical (unpaired) electrons. The minimum atomic E-state index is 0.947. The molecule has 0 aliphatic heterocycles. The Morgan fingerprint density at radius 3 is 2.29 bits per heavy atom. The molecule has 70 valence electrons. The zero-order valence-corrected chi connectivity index (χ0v) is 8.36. The molecular weight excluding hydrogens is 172 g/mol. The molecule has 0 fully saturated rings. The second-order valence-electron chi connectivity index (χ2n) is 3.36. The predicted molar refractivity (Wildman–Crippen MR) is 56.9 cm³/mol. The van der Waals surface area contributed by atoms with Gasteiger partial charge in [0.1, 0.15) is 0 Å². The zero-order valence-electron chi connectivity index (χ0n) is 8.36. The van der Waals surface area contributed by atoms with E-state index in [4.69, 9.17) is 0 Å². The molecule has 1 aromatic carbocycles. The molecule has 0 spiro atoms. The third-order valence-electron chi connectivity index (χ3n) is 2.30. The van der Waals surface area contributed by atoms with E-state index in [1.165, 1.54) is 16.7 Å². The number of nitrogens with zero attached hydrogens (tertiary/aromatic N) is 2. The fraction of sp³-hybridized carbons (Fsp3) is 0.167. The average Bonchev–Trinajstić information content (AvgIpc) is 2.19. The number of hydrogen-bond donors (Lipinski definition) is 0. The van der Waals surface area contributed by atoms with Crippen LogP contribution in [0.15, 0.2) is 36.8 Å². The lowest BCUT2D eigenvalue weighted by atomic mass is 10.0. The average molecular weight is 184 g/mol. The Balaban J connectivity index is 2.63. The molecule has 0 aliphatic rings. The second-order valence-corrected chi connectivity index (χ2v) is 3.36. The Kier molecular flexibility index (Phi) is 2.27. The van der Waals surface area contributed by atoms with Crippen LogP contribution in [0.3, 0.4) is 0 Å². The van der Waals surface area contributed by atoms with E-state index in [0.29, 0.717) is 0 Å². The van der Waals surface area contributed by atoms with Crippen molar-refractivity contribution in [3.05, 3.63) is 47.9 Å². The van der Waals surface area contributed by atoms with Crippen molar-refractivity contribution < 1.29 is 0 Å². The van der Waals surface area contributed by atoms with Crippen molar-refractivity contribution in [1.82, 2.24) is 9.97 Å². The van der Waals surface area contributed by atoms with Gasteiger partial charge in [0.2, 0.25) is 0 Å². The molecule has 1 aromatic heterocycles. The van der Waals surface area contributed by atoms with E-state index in [9.17, 15) is 0 Å². The summed E-state index contributed by atoms with van der Waals surface area (Å²) in [6, 6.07) is 6.25. The van der Waals surface area contributed by atoms with Crippen LogP contribution in [0.25, 0.3) is 11.3 Å². The van der Waals surface area contributed by atoms with Gasteiger partial charge >= 0.3 is 0 Å². The molecular formula is C12H12N2. The van der Waals surface area contributed by atoms with Crippen LogP contribution in [-0.2, 0) is 0 Å². The van der Waals surface area contributed by atoms with Gasteiger partial charge in [-0.3, -0.25) is 9.97 Å². The van der Waals surface area contributed by atoms with E-state index < -0.39 is 0 Å². The Labute approximate surface area is 83.7 Å². The first-order valence-corrected chi connectivity index (χ1v) is 4.61. The van der Waals surface area contributed by atoms with Gasteiger partial charge in [0, 0.05) is 18.0 Å². The van der Waals surface area contributed by atoms with Gasteiger partial charge in [0.05, 0.1) is 11.9 Å². The number of hydrogen-bond acceptors (Lipinski definition) is 2. The fourth-order valence-corrected chi connectivity index (χ4v) is 1.65. The SMILES string of the molecule is Cc1cccc(C)c1-c1cnccn1. The highest BCUT2D eigenvalue weighted by atomic mass is 14.8. The number of benzene rings is 1. The number of rotatable bonds is 1. The van der Waals surface area contributed by atoms with E-state index in [0.717, 1.165) is 5.69 Å². The standard InChI is InChI=1S/C12H12N2/c1-9-4-3-5-10(2)12(9)11-8-13-6-7-14-11/h3-8H,1-2H3. The van der Waals surface area contributed by atoms with Crippen molar-refractivity contribution in [3.8, 4) is 11.3 Å². The van der Waals surface area contributed by atoms with Crippen LogP contribution in [0.4, 0.5) is 0 Å². The van der Waals surface area contributed by atoms with E-state index in [1.807, 2.05) is 0 Å². The normalized spacial score (nSPS) is 10.1. The van der Waals surface area contributed by atoms with Crippen molar-refractivity contribution in [2.75, 3.05) is 0 Å². The molecule has 0 saturated heterocycles. The Hall–Kier alpha value is -1.70. The first kappa shape index (κ1) is 8.88. The third-order valence-corrected chi connectivity index (χ3v) is 2.30. The summed E-state index contributed by atoms with van der Waals surface area (Å²) in [6.45, 7) is 4.19. The molecule has 2 aromatic rings. The highest BCUT2D eigenvalue weighted by Crippen LogP contribution is 2.23. The predicted octanol–water partition coefficient (Wildman–Crippen LogP) is 2.76. The molecule has 0 atom stereocenters. The van der Waals surface area contributed by atoms with Gasteiger partial charge < -0.3 is 0 Å². The largest absolute Gasteiger partial charge is 0.261 e. The summed E-state index contributed by atoms with van der Waals surface area (Å²) in [5, 5.41) is 0. The summed E-state index contributed by atoms with van der Waals surface area (Å²) in [4.78, 5) is 8.39. The van der Waals surface area contributed by atoms with Crippen LogP contribution >= 0.6 is 0 Å². The highest BCUT2D eigenvalue weighted by Gasteiger charge is 2.05. The maximum atomic E-state index is 4.31. The summed E-state index contributed by atoms with van der Waals surface area (Å²) < 4.78 is 0. The Morgan fingerprint density at radius 2 is 1.71 bits per heavy atom. The van der Waals surface area contributed by atoms with Gasteiger partial charge in [-0.2, -0.15) is 0 Å². The van der Waals surface area contributed by atoms with Crippen LogP contribution < -0.4 is 0 Å². The summed E-state index contributed by atoms with van der Waals surface area (Å²) in [5.41, 5.74) is 4.62. The molecule has 0 amide bonds. The zero-order chi connectivity index (χ0) is 9.97. The second kappa shape index (κ2) is 3.58. The molecule has 0 bridgehead atoms. The lowest BCUT2D eigenvalue weighted by Crippen LogP contribution is -1.90. The van der Waals surface area contributed by atoms with Crippen molar-refractivity contribution in [3.63, 3.8) is 0 Å². The molecule has 2 heteroatoms. The molecule has 1 heterocycles. The van der Waals surface area contributed by atoms with Gasteiger partial charge in [0.15, 0.2) is 0 Å². The third kappa shape index (κ3) is 1.51. The fourth-order valence-electron chi connectivity index (χ4n) is 1.65. The van der Waals surface area contributed by atoms with Crippen molar-refractivity contribution in [2.24, 2.45) is 0 Å². The Morgan fingerprint density at radius 1 is 1.00 bits per heavy atom. The molecule has 0 unspecified atom stereocenters. The van der Waals surface area contributed by atoms with Gasteiger partial charge in [0.25, 0.3) is 0 Å². The minimum Gasteiger partial charge on any atom is -0.261 e. The topological polar surface area (TPSA) is 25.8 Å². The molecule has 0 aliphatic carbocycles. The molecule has 2 rings (SSSR count). The lowest BCUT2D eigenvalue weighted by Gasteiger charge is -2.07. The minimum absolute atomic E-state index is 0.947. The number of aryl methyl sites for hydroxylation is 2. The maximum absolute atomic E-state index is 4.31. The molecule has 0 saturated carbocycles. The van der Waals surface area contributed by atoms with Crippen LogP contribution in [0.2, 0.25) is 0 Å². The number of aromatic nitrogens is 2. The first-order valence-electron chi connectivity index (χ1n) is 4.61. The summed E-state index contributed by atoms with van der Waals surface area (Å²) in [6.07, 6.45) is 5.22. The van der Waals surface area contributed by atoms with Gasteiger partial charge in [-0.25, -0.2) is 0 Å². The summed E-state index contributed by atoms with van der Waals surface area (Å²) in [5.74, 6) is 0.